The van der Waals surface area contributed by atoms with Gasteiger partial charge in [-0.2, -0.15) is 0 Å². The molecule has 0 atom stereocenters. The smallest absolute Gasteiger partial charge is 0.464 e. The number of rotatable bonds is 2. The molecule has 2 heterocycles. The molecule has 1 aliphatic rings. The molecule has 1 fully saturated rings. The highest BCUT2D eigenvalue weighted by Gasteiger charge is 2.52. The Kier molecular flexibility index (Phi) is 3.69. The molecule has 0 spiro atoms. The van der Waals surface area contributed by atoms with Crippen molar-refractivity contribution in [2.45, 2.75) is 38.9 Å². The molecule has 120 valence electrons. The predicted octanol–water partition coefficient (Wildman–Crippen LogP) is 2.32. The molecule has 0 saturated carbocycles. The Morgan fingerprint density at radius 1 is 1.09 bits per heavy atom. The van der Waals surface area contributed by atoms with E-state index in [1.165, 1.54) is 7.11 Å². The SMILES string of the molecule is COC(=O)c1ccc2c(B3OC(C)(C)C(C)(C)O3)cccc2n1. The number of carbonyl (C=O) groups is 1. The lowest BCUT2D eigenvalue weighted by Crippen LogP contribution is -2.41. The van der Waals surface area contributed by atoms with Gasteiger partial charge in [-0.15, -0.1) is 0 Å². The van der Waals surface area contributed by atoms with Crippen molar-refractivity contribution in [3.8, 4) is 0 Å². The average Bonchev–Trinajstić information content (AvgIpc) is 2.73. The minimum atomic E-state index is -0.463. The normalized spacial score (nSPS) is 19.1. The summed E-state index contributed by atoms with van der Waals surface area (Å²) in [4.78, 5) is 16.0. The number of pyridine rings is 1. The van der Waals surface area contributed by atoms with Gasteiger partial charge in [-0.05, 0) is 50.7 Å². The van der Waals surface area contributed by atoms with E-state index < -0.39 is 24.3 Å². The third kappa shape index (κ3) is 2.62. The van der Waals surface area contributed by atoms with Gasteiger partial charge in [0.1, 0.15) is 5.69 Å². The molecule has 0 bridgehead atoms. The molecule has 1 saturated heterocycles. The van der Waals surface area contributed by atoms with Gasteiger partial charge in [0.15, 0.2) is 0 Å². The highest BCUT2D eigenvalue weighted by molar-refractivity contribution is 6.65. The Hall–Kier alpha value is -1.92. The zero-order chi connectivity index (χ0) is 16.8. The minimum absolute atomic E-state index is 0.283. The van der Waals surface area contributed by atoms with E-state index in [-0.39, 0.29) is 5.69 Å². The van der Waals surface area contributed by atoms with Crippen LogP contribution in [0.4, 0.5) is 0 Å². The summed E-state index contributed by atoms with van der Waals surface area (Å²) in [5.74, 6) is -0.451. The van der Waals surface area contributed by atoms with E-state index >= 15 is 0 Å². The van der Waals surface area contributed by atoms with Crippen LogP contribution in [0.15, 0.2) is 30.3 Å². The van der Waals surface area contributed by atoms with Gasteiger partial charge in [0, 0.05) is 0 Å². The van der Waals surface area contributed by atoms with Crippen LogP contribution in [0.3, 0.4) is 0 Å². The number of fused-ring (bicyclic) bond motifs is 1. The number of aromatic nitrogens is 1. The number of hydrogen-bond donors (Lipinski definition) is 0. The van der Waals surface area contributed by atoms with Gasteiger partial charge in [0.25, 0.3) is 0 Å². The summed E-state index contributed by atoms with van der Waals surface area (Å²) in [7, 11) is 0.879. The summed E-state index contributed by atoms with van der Waals surface area (Å²) in [6, 6.07) is 9.22. The van der Waals surface area contributed by atoms with Crippen LogP contribution < -0.4 is 5.46 Å². The molecule has 0 aliphatic carbocycles. The van der Waals surface area contributed by atoms with E-state index in [1.807, 2.05) is 52.0 Å². The monoisotopic (exact) mass is 313 g/mol. The molecule has 1 aliphatic heterocycles. The number of nitrogens with zero attached hydrogens (tertiary/aromatic N) is 1. The van der Waals surface area contributed by atoms with E-state index in [9.17, 15) is 4.79 Å². The van der Waals surface area contributed by atoms with Crippen LogP contribution in [0, 0.1) is 0 Å². The molecule has 0 radical (unpaired) electrons. The first-order chi connectivity index (χ1) is 10.7. The van der Waals surface area contributed by atoms with Crippen molar-refractivity contribution in [1.82, 2.24) is 4.98 Å². The predicted molar refractivity (Wildman–Crippen MR) is 88.8 cm³/mol. The standard InChI is InChI=1S/C17H20BNO4/c1-16(2)17(3,4)23-18(22-16)12-7-6-8-13-11(12)9-10-14(19-13)15(20)21-5/h6-10H,1-5H3. The minimum Gasteiger partial charge on any atom is -0.464 e. The largest absolute Gasteiger partial charge is 0.495 e. The van der Waals surface area contributed by atoms with Crippen LogP contribution in [0.5, 0.6) is 0 Å². The highest BCUT2D eigenvalue weighted by atomic mass is 16.7. The summed E-state index contributed by atoms with van der Waals surface area (Å²) in [5.41, 5.74) is 1.09. The van der Waals surface area contributed by atoms with Crippen LogP contribution in [-0.2, 0) is 14.0 Å². The fourth-order valence-corrected chi connectivity index (χ4v) is 2.57. The van der Waals surface area contributed by atoms with Crippen molar-refractivity contribution in [3.05, 3.63) is 36.0 Å². The molecule has 5 nitrogen and oxygen atoms in total. The molecule has 3 rings (SSSR count). The van der Waals surface area contributed by atoms with Crippen molar-refractivity contribution in [3.63, 3.8) is 0 Å². The van der Waals surface area contributed by atoms with Gasteiger partial charge >= 0.3 is 13.1 Å². The maximum Gasteiger partial charge on any atom is 0.495 e. The average molecular weight is 313 g/mol. The lowest BCUT2D eigenvalue weighted by atomic mass is 9.76. The van der Waals surface area contributed by atoms with Gasteiger partial charge in [0.05, 0.1) is 23.8 Å². The van der Waals surface area contributed by atoms with Crippen LogP contribution in [-0.4, -0.2) is 36.4 Å². The van der Waals surface area contributed by atoms with Crippen molar-refractivity contribution < 1.29 is 18.8 Å². The topological polar surface area (TPSA) is 57.7 Å². The van der Waals surface area contributed by atoms with Gasteiger partial charge in [-0.3, -0.25) is 0 Å². The molecular weight excluding hydrogens is 293 g/mol. The Balaban J connectivity index is 2.05. The zero-order valence-corrected chi connectivity index (χ0v) is 14.0. The van der Waals surface area contributed by atoms with Crippen LogP contribution in [0.1, 0.15) is 38.2 Å². The molecule has 1 aromatic carbocycles. The molecule has 1 aromatic heterocycles. The van der Waals surface area contributed by atoms with E-state index in [2.05, 4.69) is 4.98 Å². The fourth-order valence-electron chi connectivity index (χ4n) is 2.57. The van der Waals surface area contributed by atoms with Gasteiger partial charge in [0.2, 0.25) is 0 Å². The number of hydrogen-bond acceptors (Lipinski definition) is 5. The second-order valence-corrected chi connectivity index (χ2v) is 6.69. The first kappa shape index (κ1) is 16.0. The number of methoxy groups -OCH3 is 1. The number of carbonyl (C=O) groups excluding carboxylic acids is 1. The zero-order valence-electron chi connectivity index (χ0n) is 14.0. The van der Waals surface area contributed by atoms with E-state index in [1.54, 1.807) is 6.07 Å². The summed E-state index contributed by atoms with van der Waals surface area (Å²) in [5, 5.41) is 0.902. The maximum absolute atomic E-state index is 11.6. The Labute approximate surface area is 136 Å². The quantitative estimate of drug-likeness (QED) is 0.629. The third-order valence-corrected chi connectivity index (χ3v) is 4.67. The summed E-state index contributed by atoms with van der Waals surface area (Å²) in [6.45, 7) is 8.08. The molecular formula is C17H20BNO4. The van der Waals surface area contributed by atoms with E-state index in [0.717, 1.165) is 10.8 Å². The maximum atomic E-state index is 11.6. The fraction of sp³-hybridized carbons (Fsp3) is 0.412. The number of esters is 1. The Bertz CT molecular complexity index is 756. The van der Waals surface area contributed by atoms with Crippen molar-refractivity contribution in [1.29, 1.82) is 0 Å². The molecule has 2 aromatic rings. The number of ether oxygens (including phenoxy) is 1. The lowest BCUT2D eigenvalue weighted by Gasteiger charge is -2.32. The van der Waals surface area contributed by atoms with Crippen molar-refractivity contribution in [2.24, 2.45) is 0 Å². The number of benzene rings is 1. The molecule has 0 amide bonds. The first-order valence-electron chi connectivity index (χ1n) is 7.59. The molecule has 0 unspecified atom stereocenters. The van der Waals surface area contributed by atoms with Gasteiger partial charge in [-0.1, -0.05) is 18.2 Å². The molecule has 23 heavy (non-hydrogen) atoms. The second kappa shape index (κ2) is 5.32. The third-order valence-electron chi connectivity index (χ3n) is 4.67. The lowest BCUT2D eigenvalue weighted by molar-refractivity contribution is 0.00578. The summed E-state index contributed by atoms with van der Waals surface area (Å²) < 4.78 is 16.9. The molecule has 6 heteroatoms. The van der Waals surface area contributed by atoms with Crippen molar-refractivity contribution >= 4 is 29.5 Å². The summed E-state index contributed by atoms with van der Waals surface area (Å²) in [6.07, 6.45) is 0. The van der Waals surface area contributed by atoms with Gasteiger partial charge in [-0.25, -0.2) is 9.78 Å². The van der Waals surface area contributed by atoms with Crippen LogP contribution in [0.2, 0.25) is 0 Å². The Morgan fingerprint density at radius 3 is 2.35 bits per heavy atom. The van der Waals surface area contributed by atoms with Crippen molar-refractivity contribution in [2.75, 3.05) is 7.11 Å². The van der Waals surface area contributed by atoms with Gasteiger partial charge < -0.3 is 14.0 Å². The second-order valence-electron chi connectivity index (χ2n) is 6.69. The van der Waals surface area contributed by atoms with E-state index in [0.29, 0.717) is 5.52 Å². The highest BCUT2D eigenvalue weighted by Crippen LogP contribution is 2.36. The summed E-state index contributed by atoms with van der Waals surface area (Å²) >= 11 is 0. The first-order valence-corrected chi connectivity index (χ1v) is 7.59. The Morgan fingerprint density at radius 2 is 1.74 bits per heavy atom. The van der Waals surface area contributed by atoms with Crippen LogP contribution >= 0.6 is 0 Å². The molecule has 0 N–H and O–H groups in total. The van der Waals surface area contributed by atoms with Crippen LogP contribution in [0.25, 0.3) is 10.9 Å². The van der Waals surface area contributed by atoms with E-state index in [4.69, 9.17) is 14.0 Å².